The van der Waals surface area contributed by atoms with Crippen molar-refractivity contribution in [2.45, 2.75) is 0 Å². The topological polar surface area (TPSA) is 111 Å². The number of hydrazone groups is 1. The Bertz CT molecular complexity index is 824. The standard InChI is InChI=1S/C15H11Cl2N3O4/c16-9-2-4-11(17)12(5-9)19-14(23)15(24)20-18-7-8-1-3-10(21)6-13(8)22/h1-7,21-22H,(H,19,23)(H,20,24). The molecule has 2 amide bonds. The van der Waals surface area contributed by atoms with E-state index in [1.165, 1.54) is 30.3 Å². The molecule has 0 aliphatic carbocycles. The number of anilines is 1. The number of nitrogens with zero attached hydrogens (tertiary/aromatic N) is 1. The summed E-state index contributed by atoms with van der Waals surface area (Å²) < 4.78 is 0. The van der Waals surface area contributed by atoms with E-state index in [4.69, 9.17) is 28.3 Å². The molecule has 7 nitrogen and oxygen atoms in total. The molecular formula is C15H11Cl2N3O4. The molecule has 0 aliphatic rings. The molecule has 0 radical (unpaired) electrons. The van der Waals surface area contributed by atoms with Crippen LogP contribution in [0.3, 0.4) is 0 Å². The van der Waals surface area contributed by atoms with Gasteiger partial charge >= 0.3 is 11.8 Å². The van der Waals surface area contributed by atoms with E-state index >= 15 is 0 Å². The van der Waals surface area contributed by atoms with Crippen molar-refractivity contribution < 1.29 is 19.8 Å². The van der Waals surface area contributed by atoms with Crippen LogP contribution in [0.5, 0.6) is 11.5 Å². The van der Waals surface area contributed by atoms with Crippen molar-refractivity contribution in [1.82, 2.24) is 5.43 Å². The van der Waals surface area contributed by atoms with Crippen LogP contribution in [0, 0.1) is 0 Å². The van der Waals surface area contributed by atoms with Gasteiger partial charge in [-0.1, -0.05) is 23.2 Å². The van der Waals surface area contributed by atoms with Crippen molar-refractivity contribution >= 4 is 46.9 Å². The van der Waals surface area contributed by atoms with Gasteiger partial charge in [0.2, 0.25) is 0 Å². The van der Waals surface area contributed by atoms with Crippen molar-refractivity contribution in [3.63, 3.8) is 0 Å². The van der Waals surface area contributed by atoms with Crippen LogP contribution >= 0.6 is 23.2 Å². The van der Waals surface area contributed by atoms with E-state index < -0.39 is 11.8 Å². The molecule has 0 unspecified atom stereocenters. The smallest absolute Gasteiger partial charge is 0.329 e. The van der Waals surface area contributed by atoms with Crippen molar-refractivity contribution in [3.8, 4) is 11.5 Å². The van der Waals surface area contributed by atoms with Crippen LogP contribution in [0.2, 0.25) is 10.0 Å². The zero-order valence-electron chi connectivity index (χ0n) is 12.0. The Kier molecular flexibility index (Phi) is 5.62. The minimum Gasteiger partial charge on any atom is -0.508 e. The Hall–Kier alpha value is -2.77. The van der Waals surface area contributed by atoms with Crippen LogP contribution in [-0.4, -0.2) is 28.2 Å². The third-order valence-corrected chi connectivity index (χ3v) is 3.33. The summed E-state index contributed by atoms with van der Waals surface area (Å²) in [6.07, 6.45) is 1.12. The maximum absolute atomic E-state index is 11.7. The first-order chi connectivity index (χ1) is 11.4. The largest absolute Gasteiger partial charge is 0.508 e. The number of nitrogens with one attached hydrogen (secondary N) is 2. The molecule has 0 aliphatic heterocycles. The second-order valence-corrected chi connectivity index (χ2v) is 5.36. The minimum atomic E-state index is -1.04. The van der Waals surface area contributed by atoms with Gasteiger partial charge in [-0.2, -0.15) is 5.10 Å². The molecule has 0 bridgehead atoms. The maximum atomic E-state index is 11.7. The lowest BCUT2D eigenvalue weighted by molar-refractivity contribution is -0.136. The number of halogens is 2. The zero-order chi connectivity index (χ0) is 17.7. The normalized spacial score (nSPS) is 10.6. The van der Waals surface area contributed by atoms with Crippen LogP contribution in [0.25, 0.3) is 0 Å². The van der Waals surface area contributed by atoms with Gasteiger partial charge in [0, 0.05) is 16.7 Å². The fourth-order valence-corrected chi connectivity index (χ4v) is 1.96. The molecule has 0 heterocycles. The summed E-state index contributed by atoms with van der Waals surface area (Å²) in [7, 11) is 0. The molecule has 0 saturated heterocycles. The summed E-state index contributed by atoms with van der Waals surface area (Å²) in [5.74, 6) is -2.39. The van der Waals surface area contributed by atoms with Crippen LogP contribution in [0.1, 0.15) is 5.56 Å². The predicted octanol–water partition coefficient (Wildman–Crippen LogP) is 2.49. The monoisotopic (exact) mass is 367 g/mol. The first kappa shape index (κ1) is 17.6. The average molecular weight is 368 g/mol. The molecule has 24 heavy (non-hydrogen) atoms. The molecule has 4 N–H and O–H groups in total. The Labute approximate surface area is 146 Å². The molecule has 0 atom stereocenters. The number of amides is 2. The zero-order valence-corrected chi connectivity index (χ0v) is 13.5. The molecule has 0 saturated carbocycles. The quantitative estimate of drug-likeness (QED) is 0.379. The number of aromatic hydroxyl groups is 2. The van der Waals surface area contributed by atoms with Crippen molar-refractivity contribution in [1.29, 1.82) is 0 Å². The number of benzene rings is 2. The number of carbonyl (C=O) groups excluding carboxylic acids is 2. The number of carbonyl (C=O) groups is 2. The van der Waals surface area contributed by atoms with E-state index in [0.717, 1.165) is 12.3 Å². The second-order valence-electron chi connectivity index (χ2n) is 4.52. The molecule has 124 valence electrons. The number of phenols is 2. The van der Waals surface area contributed by atoms with Crippen molar-refractivity contribution in [3.05, 3.63) is 52.0 Å². The van der Waals surface area contributed by atoms with E-state index in [2.05, 4.69) is 10.4 Å². The number of phenolic OH excluding ortho intramolecular Hbond substituents is 2. The highest BCUT2D eigenvalue weighted by Gasteiger charge is 2.14. The molecule has 2 aromatic rings. The van der Waals surface area contributed by atoms with Gasteiger partial charge in [-0.25, -0.2) is 5.43 Å². The van der Waals surface area contributed by atoms with Crippen LogP contribution < -0.4 is 10.7 Å². The van der Waals surface area contributed by atoms with Crippen molar-refractivity contribution in [2.75, 3.05) is 5.32 Å². The molecule has 0 fully saturated rings. The van der Waals surface area contributed by atoms with E-state index in [0.29, 0.717) is 5.02 Å². The molecule has 2 aromatic carbocycles. The number of hydrogen-bond donors (Lipinski definition) is 4. The first-order valence-corrected chi connectivity index (χ1v) is 7.24. The van der Waals surface area contributed by atoms with Gasteiger partial charge in [0.25, 0.3) is 0 Å². The van der Waals surface area contributed by atoms with Crippen molar-refractivity contribution in [2.24, 2.45) is 5.10 Å². The Balaban J connectivity index is 1.97. The fraction of sp³-hybridized carbons (Fsp3) is 0. The maximum Gasteiger partial charge on any atom is 0.329 e. The lowest BCUT2D eigenvalue weighted by atomic mass is 10.2. The van der Waals surface area contributed by atoms with Gasteiger partial charge in [-0.15, -0.1) is 0 Å². The average Bonchev–Trinajstić information content (AvgIpc) is 2.52. The highest BCUT2D eigenvalue weighted by molar-refractivity contribution is 6.42. The Morgan fingerprint density at radius 1 is 1.04 bits per heavy atom. The van der Waals surface area contributed by atoms with E-state index in [9.17, 15) is 14.7 Å². The summed E-state index contributed by atoms with van der Waals surface area (Å²) in [6.45, 7) is 0. The molecule has 2 rings (SSSR count). The second kappa shape index (κ2) is 7.67. The van der Waals surface area contributed by atoms with E-state index in [1.54, 1.807) is 0 Å². The highest BCUT2D eigenvalue weighted by Crippen LogP contribution is 2.25. The van der Waals surface area contributed by atoms with E-state index in [-0.39, 0.29) is 27.8 Å². The predicted molar refractivity (Wildman–Crippen MR) is 90.6 cm³/mol. The Morgan fingerprint density at radius 3 is 2.50 bits per heavy atom. The SMILES string of the molecule is O=C(NN=Cc1ccc(O)cc1O)C(=O)Nc1cc(Cl)ccc1Cl. The minimum absolute atomic E-state index is 0.119. The summed E-state index contributed by atoms with van der Waals surface area (Å²) >= 11 is 11.7. The van der Waals surface area contributed by atoms with Gasteiger partial charge in [0.1, 0.15) is 11.5 Å². The van der Waals surface area contributed by atoms with Gasteiger partial charge in [-0.3, -0.25) is 9.59 Å². The third kappa shape index (κ3) is 4.61. The molecule has 0 aromatic heterocycles. The van der Waals surface area contributed by atoms with Crippen LogP contribution in [-0.2, 0) is 9.59 Å². The molecular weight excluding hydrogens is 357 g/mol. The van der Waals surface area contributed by atoms with Gasteiger partial charge in [-0.05, 0) is 30.3 Å². The van der Waals surface area contributed by atoms with E-state index in [1.807, 2.05) is 5.43 Å². The van der Waals surface area contributed by atoms with Gasteiger partial charge < -0.3 is 15.5 Å². The third-order valence-electron chi connectivity index (χ3n) is 2.77. The summed E-state index contributed by atoms with van der Waals surface area (Å²) in [5.41, 5.74) is 2.42. The Morgan fingerprint density at radius 2 is 1.79 bits per heavy atom. The molecule has 0 spiro atoms. The highest BCUT2D eigenvalue weighted by atomic mass is 35.5. The van der Waals surface area contributed by atoms with Crippen LogP contribution in [0.15, 0.2) is 41.5 Å². The van der Waals surface area contributed by atoms with Gasteiger partial charge in [0.15, 0.2) is 0 Å². The lowest BCUT2D eigenvalue weighted by Gasteiger charge is -2.06. The summed E-state index contributed by atoms with van der Waals surface area (Å²) in [6, 6.07) is 8.23. The molecule has 9 heteroatoms. The summed E-state index contributed by atoms with van der Waals surface area (Å²) in [4.78, 5) is 23.4. The van der Waals surface area contributed by atoms with Crippen LogP contribution in [0.4, 0.5) is 5.69 Å². The lowest BCUT2D eigenvalue weighted by Crippen LogP contribution is -2.32. The number of hydrogen-bond acceptors (Lipinski definition) is 5. The first-order valence-electron chi connectivity index (χ1n) is 6.48. The fourth-order valence-electron chi connectivity index (χ4n) is 1.62. The summed E-state index contributed by atoms with van der Waals surface area (Å²) in [5, 5.41) is 25.1. The number of rotatable bonds is 3. The van der Waals surface area contributed by atoms with Gasteiger partial charge in [0.05, 0.1) is 16.9 Å².